The van der Waals surface area contributed by atoms with E-state index in [-0.39, 0.29) is 17.2 Å². The normalized spacial score (nSPS) is 10.5. The number of aromatic nitrogens is 2. The Balaban J connectivity index is 1.81. The Kier molecular flexibility index (Phi) is 7.27. The second kappa shape index (κ2) is 10.1. The molecule has 0 bridgehead atoms. The van der Waals surface area contributed by atoms with E-state index < -0.39 is 5.56 Å². The molecule has 3 aromatic rings. The number of nitrogens with zero attached hydrogens (tertiary/aromatic N) is 2. The average molecular weight is 433 g/mol. The van der Waals surface area contributed by atoms with Gasteiger partial charge in [-0.25, -0.2) is 4.98 Å². The maximum atomic E-state index is 12.6. The molecule has 31 heavy (non-hydrogen) atoms. The number of hydrogen-bond acceptors (Lipinski definition) is 5. The summed E-state index contributed by atoms with van der Waals surface area (Å²) in [7, 11) is 0. The third kappa shape index (κ3) is 5.22. The Morgan fingerprint density at radius 2 is 1.77 bits per heavy atom. The number of para-hydroxylation sites is 1. The van der Waals surface area contributed by atoms with E-state index in [9.17, 15) is 14.9 Å². The quantitative estimate of drug-likeness (QED) is 0.424. The number of nitrogens with one attached hydrogen (secondary N) is 2. The number of H-pyrrole nitrogens is 1. The minimum absolute atomic E-state index is 0.0397. The van der Waals surface area contributed by atoms with Gasteiger partial charge in [0.05, 0.1) is 11.4 Å². The summed E-state index contributed by atoms with van der Waals surface area (Å²) in [5, 5.41) is 12.7. The zero-order valence-electron chi connectivity index (χ0n) is 17.8. The van der Waals surface area contributed by atoms with Crippen molar-refractivity contribution in [3.05, 3.63) is 75.1 Å². The maximum absolute atomic E-state index is 12.6. The van der Waals surface area contributed by atoms with E-state index >= 15 is 0 Å². The lowest BCUT2D eigenvalue weighted by Gasteiger charge is -2.14. The monoisotopic (exact) mass is 432 g/mol. The van der Waals surface area contributed by atoms with Gasteiger partial charge in [0.1, 0.15) is 11.6 Å². The molecule has 0 aliphatic heterocycles. The smallest absolute Gasteiger partial charge is 0.270 e. The molecule has 1 amide bonds. The van der Waals surface area contributed by atoms with Crippen LogP contribution in [0.3, 0.4) is 0 Å². The average Bonchev–Trinajstić information content (AvgIpc) is 2.78. The highest BCUT2D eigenvalue weighted by Crippen LogP contribution is 2.25. The number of aryl methyl sites for hydroxylation is 3. The predicted molar refractivity (Wildman–Crippen MR) is 124 cm³/mol. The van der Waals surface area contributed by atoms with Gasteiger partial charge >= 0.3 is 0 Å². The number of benzene rings is 2. The lowest BCUT2D eigenvalue weighted by Crippen LogP contribution is -2.18. The summed E-state index contributed by atoms with van der Waals surface area (Å²) in [6, 6.07) is 15.4. The van der Waals surface area contributed by atoms with Gasteiger partial charge in [0, 0.05) is 11.3 Å². The molecular weight excluding hydrogens is 408 g/mol. The standard InChI is InChI=1S/C24H24N4O2S/c1-4-16-7-6-8-17(5-2)21(16)26-20(29)14-31-24-27-22(19(13-25)23(30)28-24)18-11-9-15(3)10-12-18/h6-12H,4-5,14H2,1-3H3,(H,26,29)(H,27,28,30). The van der Waals surface area contributed by atoms with Crippen LogP contribution in [0.25, 0.3) is 11.3 Å². The number of nitriles is 1. The molecule has 1 heterocycles. The van der Waals surface area contributed by atoms with Gasteiger partial charge in [-0.2, -0.15) is 5.26 Å². The predicted octanol–water partition coefficient (Wildman–Crippen LogP) is 4.47. The number of carbonyl (C=O) groups excluding carboxylic acids is 1. The van der Waals surface area contributed by atoms with E-state index in [1.54, 1.807) is 0 Å². The molecule has 2 aromatic carbocycles. The van der Waals surface area contributed by atoms with Gasteiger partial charge in [-0.3, -0.25) is 9.59 Å². The molecule has 0 spiro atoms. The third-order valence-corrected chi connectivity index (χ3v) is 5.81. The van der Waals surface area contributed by atoms with Gasteiger partial charge in [0.2, 0.25) is 5.91 Å². The van der Waals surface area contributed by atoms with E-state index in [1.165, 1.54) is 0 Å². The summed E-state index contributed by atoms with van der Waals surface area (Å²) in [5.41, 5.74) is 4.55. The van der Waals surface area contributed by atoms with Crippen LogP contribution >= 0.6 is 11.8 Å². The minimum Gasteiger partial charge on any atom is -0.325 e. The number of anilines is 1. The summed E-state index contributed by atoms with van der Waals surface area (Å²) < 4.78 is 0. The Labute approximate surface area is 185 Å². The fourth-order valence-corrected chi connectivity index (χ4v) is 3.92. The van der Waals surface area contributed by atoms with Gasteiger partial charge in [0.25, 0.3) is 5.56 Å². The number of aromatic amines is 1. The number of amides is 1. The van der Waals surface area contributed by atoms with E-state index in [2.05, 4.69) is 29.1 Å². The number of carbonyl (C=O) groups is 1. The van der Waals surface area contributed by atoms with Gasteiger partial charge in [-0.1, -0.05) is 73.6 Å². The first-order valence-corrected chi connectivity index (χ1v) is 11.1. The fourth-order valence-electron chi connectivity index (χ4n) is 3.26. The molecule has 0 radical (unpaired) electrons. The van der Waals surface area contributed by atoms with Crippen LogP contribution in [0.1, 0.15) is 36.1 Å². The summed E-state index contributed by atoms with van der Waals surface area (Å²) in [4.78, 5) is 32.1. The Hall–Kier alpha value is -3.37. The van der Waals surface area contributed by atoms with Gasteiger partial charge in [-0.15, -0.1) is 0 Å². The van der Waals surface area contributed by atoms with Crippen molar-refractivity contribution < 1.29 is 4.79 Å². The molecule has 1 aromatic heterocycles. The molecule has 0 atom stereocenters. The van der Waals surface area contributed by atoms with Crippen molar-refractivity contribution in [2.45, 2.75) is 38.8 Å². The number of hydrogen-bond donors (Lipinski definition) is 2. The van der Waals surface area contributed by atoms with Crippen LogP contribution in [0.2, 0.25) is 0 Å². The molecule has 0 aliphatic carbocycles. The van der Waals surface area contributed by atoms with Crippen LogP contribution in [0, 0.1) is 18.3 Å². The van der Waals surface area contributed by atoms with Crippen molar-refractivity contribution in [2.24, 2.45) is 0 Å². The lowest BCUT2D eigenvalue weighted by atomic mass is 10.0. The van der Waals surface area contributed by atoms with Crippen LogP contribution in [0.4, 0.5) is 5.69 Å². The first kappa shape index (κ1) is 22.3. The molecule has 0 saturated carbocycles. The molecule has 2 N–H and O–H groups in total. The van der Waals surface area contributed by atoms with E-state index in [1.807, 2.05) is 55.5 Å². The van der Waals surface area contributed by atoms with Crippen LogP contribution in [0.5, 0.6) is 0 Å². The largest absolute Gasteiger partial charge is 0.325 e. The molecule has 7 heteroatoms. The van der Waals surface area contributed by atoms with E-state index in [0.29, 0.717) is 16.4 Å². The van der Waals surface area contributed by atoms with Crippen molar-refractivity contribution in [3.63, 3.8) is 0 Å². The second-order valence-electron chi connectivity index (χ2n) is 7.07. The third-order valence-electron chi connectivity index (χ3n) is 4.94. The number of rotatable bonds is 7. The highest BCUT2D eigenvalue weighted by atomic mass is 32.2. The molecule has 0 saturated heterocycles. The van der Waals surface area contributed by atoms with Gasteiger partial charge < -0.3 is 10.3 Å². The van der Waals surface area contributed by atoms with Crippen molar-refractivity contribution in [3.8, 4) is 17.3 Å². The maximum Gasteiger partial charge on any atom is 0.270 e. The number of thioether (sulfide) groups is 1. The molecule has 3 rings (SSSR count). The van der Waals surface area contributed by atoms with Crippen LogP contribution < -0.4 is 10.9 Å². The Morgan fingerprint density at radius 1 is 1.13 bits per heavy atom. The first-order valence-electron chi connectivity index (χ1n) is 10.1. The van der Waals surface area contributed by atoms with Crippen molar-refractivity contribution in [1.82, 2.24) is 9.97 Å². The van der Waals surface area contributed by atoms with Crippen molar-refractivity contribution >= 4 is 23.4 Å². The molecule has 0 aliphatic rings. The van der Waals surface area contributed by atoms with Crippen LogP contribution in [-0.2, 0) is 17.6 Å². The van der Waals surface area contributed by atoms with Crippen LogP contribution in [0.15, 0.2) is 52.4 Å². The summed E-state index contributed by atoms with van der Waals surface area (Å²) in [6.45, 7) is 6.06. The molecule has 0 fully saturated rings. The summed E-state index contributed by atoms with van der Waals surface area (Å²) in [6.07, 6.45) is 1.64. The molecule has 6 nitrogen and oxygen atoms in total. The summed E-state index contributed by atoms with van der Waals surface area (Å²) >= 11 is 1.13. The van der Waals surface area contributed by atoms with Gasteiger partial charge in [0.15, 0.2) is 5.16 Å². The summed E-state index contributed by atoms with van der Waals surface area (Å²) in [5.74, 6) is -0.0897. The zero-order chi connectivity index (χ0) is 22.4. The van der Waals surface area contributed by atoms with Crippen LogP contribution in [-0.4, -0.2) is 21.6 Å². The second-order valence-corrected chi connectivity index (χ2v) is 8.03. The fraction of sp³-hybridized carbons (Fsp3) is 0.250. The topological polar surface area (TPSA) is 98.6 Å². The Bertz CT molecular complexity index is 1170. The molecular formula is C24H24N4O2S. The van der Waals surface area contributed by atoms with E-state index in [0.717, 1.165) is 47.0 Å². The van der Waals surface area contributed by atoms with Gasteiger partial charge in [-0.05, 0) is 30.9 Å². The zero-order valence-corrected chi connectivity index (χ0v) is 18.6. The highest BCUT2D eigenvalue weighted by Gasteiger charge is 2.15. The van der Waals surface area contributed by atoms with Crippen molar-refractivity contribution in [2.75, 3.05) is 11.1 Å². The highest BCUT2D eigenvalue weighted by molar-refractivity contribution is 7.99. The lowest BCUT2D eigenvalue weighted by molar-refractivity contribution is -0.113. The van der Waals surface area contributed by atoms with Crippen molar-refractivity contribution in [1.29, 1.82) is 5.26 Å². The minimum atomic E-state index is -0.513. The Morgan fingerprint density at radius 3 is 2.35 bits per heavy atom. The first-order chi connectivity index (χ1) is 15.0. The van der Waals surface area contributed by atoms with E-state index in [4.69, 9.17) is 0 Å². The molecule has 0 unspecified atom stereocenters. The molecule has 158 valence electrons. The SMILES string of the molecule is CCc1cccc(CC)c1NC(=O)CSc1nc(-c2ccc(C)cc2)c(C#N)c(=O)[nH]1.